The third kappa shape index (κ3) is 4.85. The third-order valence-corrected chi connectivity index (χ3v) is 7.17. The number of aromatic nitrogens is 3. The second-order valence-corrected chi connectivity index (χ2v) is 9.48. The van der Waals surface area contributed by atoms with Crippen molar-refractivity contribution in [3.8, 4) is 5.75 Å². The molecule has 0 bridgehead atoms. The lowest BCUT2D eigenvalue weighted by molar-refractivity contribution is -0.115. The van der Waals surface area contributed by atoms with Crippen LogP contribution < -0.4 is 15.0 Å². The van der Waals surface area contributed by atoms with Crippen LogP contribution in [0.4, 0.5) is 11.6 Å². The summed E-state index contributed by atoms with van der Waals surface area (Å²) in [5.41, 5.74) is 1.61. The summed E-state index contributed by atoms with van der Waals surface area (Å²) in [6.45, 7) is 4.51. The molecule has 0 radical (unpaired) electrons. The lowest BCUT2D eigenvalue weighted by Gasteiger charge is -2.20. The van der Waals surface area contributed by atoms with Crippen LogP contribution in [-0.2, 0) is 4.79 Å². The Morgan fingerprint density at radius 3 is 2.55 bits per heavy atom. The van der Waals surface area contributed by atoms with Crippen LogP contribution in [0.25, 0.3) is 0 Å². The van der Waals surface area contributed by atoms with Gasteiger partial charge in [0.15, 0.2) is 5.16 Å². The summed E-state index contributed by atoms with van der Waals surface area (Å²) in [4.78, 5) is 15.9. The van der Waals surface area contributed by atoms with Crippen molar-refractivity contribution in [3.05, 3.63) is 60.2 Å². The first-order chi connectivity index (χ1) is 16.2. The van der Waals surface area contributed by atoms with Gasteiger partial charge in [0, 0.05) is 19.1 Å². The topological polar surface area (TPSA) is 72.3 Å². The molecule has 1 saturated heterocycles. The summed E-state index contributed by atoms with van der Waals surface area (Å²) in [5, 5.41) is 12.5. The number of nitrogens with one attached hydrogen (secondary N) is 1. The van der Waals surface area contributed by atoms with Gasteiger partial charge in [0.2, 0.25) is 11.9 Å². The van der Waals surface area contributed by atoms with E-state index in [1.54, 1.807) is 0 Å². The average molecular weight is 464 g/mol. The molecule has 33 heavy (non-hydrogen) atoms. The normalized spacial score (nSPS) is 16.6. The Hall–Kier alpha value is -3.00. The van der Waals surface area contributed by atoms with Gasteiger partial charge in [0.05, 0.1) is 12.3 Å². The molecular weight excluding hydrogens is 434 g/mol. The first-order valence-corrected chi connectivity index (χ1v) is 12.6. The van der Waals surface area contributed by atoms with Crippen molar-refractivity contribution >= 4 is 29.3 Å². The van der Waals surface area contributed by atoms with Crippen LogP contribution in [0.3, 0.4) is 0 Å². The van der Waals surface area contributed by atoms with E-state index in [1.807, 2.05) is 61.5 Å². The molecule has 8 heteroatoms. The third-order valence-electron chi connectivity index (χ3n) is 5.96. The molecule has 172 valence electrons. The number of carbonyl (C=O) groups excluding carboxylic acids is 1. The molecule has 5 rings (SSSR count). The molecule has 1 amide bonds. The monoisotopic (exact) mass is 463 g/mol. The van der Waals surface area contributed by atoms with Gasteiger partial charge in [-0.15, -0.1) is 10.2 Å². The van der Waals surface area contributed by atoms with Gasteiger partial charge in [-0.05, 0) is 50.3 Å². The molecule has 1 saturated carbocycles. The van der Waals surface area contributed by atoms with E-state index in [-0.39, 0.29) is 5.91 Å². The highest BCUT2D eigenvalue weighted by molar-refractivity contribution is 8.00. The van der Waals surface area contributed by atoms with Crippen LogP contribution in [0.1, 0.15) is 49.5 Å². The molecule has 3 aromatic rings. The van der Waals surface area contributed by atoms with Crippen LogP contribution in [0, 0.1) is 0 Å². The molecule has 1 atom stereocenters. The van der Waals surface area contributed by atoms with E-state index < -0.39 is 5.25 Å². The van der Waals surface area contributed by atoms with E-state index >= 15 is 0 Å². The van der Waals surface area contributed by atoms with Crippen LogP contribution in [0.15, 0.2) is 59.8 Å². The van der Waals surface area contributed by atoms with Gasteiger partial charge in [0.1, 0.15) is 11.0 Å². The van der Waals surface area contributed by atoms with E-state index in [4.69, 9.17) is 4.74 Å². The second kappa shape index (κ2) is 9.87. The summed E-state index contributed by atoms with van der Waals surface area (Å²) < 4.78 is 7.96. The minimum absolute atomic E-state index is 0.105. The number of amides is 1. The van der Waals surface area contributed by atoms with Crippen LogP contribution >= 0.6 is 11.8 Å². The molecule has 1 N–H and O–H groups in total. The lowest BCUT2D eigenvalue weighted by Crippen LogP contribution is -2.23. The Morgan fingerprint density at radius 1 is 1.09 bits per heavy atom. The Kier molecular flexibility index (Phi) is 6.53. The highest BCUT2D eigenvalue weighted by Crippen LogP contribution is 2.44. The van der Waals surface area contributed by atoms with Gasteiger partial charge in [-0.3, -0.25) is 9.36 Å². The molecule has 1 aliphatic carbocycles. The fourth-order valence-electron chi connectivity index (χ4n) is 4.19. The van der Waals surface area contributed by atoms with Gasteiger partial charge >= 0.3 is 0 Å². The molecule has 1 aliphatic heterocycles. The van der Waals surface area contributed by atoms with Crippen molar-refractivity contribution in [3.63, 3.8) is 0 Å². The molecule has 1 unspecified atom stereocenters. The smallest absolute Gasteiger partial charge is 0.242 e. The SMILES string of the molecule is CCOc1ccccc1NC(=O)C(Sc1nnc(N2CCCC2)n1C1CC1)c1ccccc1. The summed E-state index contributed by atoms with van der Waals surface area (Å²) in [5.74, 6) is 1.51. The van der Waals surface area contributed by atoms with Gasteiger partial charge in [-0.25, -0.2) is 0 Å². The van der Waals surface area contributed by atoms with Crippen molar-refractivity contribution < 1.29 is 9.53 Å². The largest absolute Gasteiger partial charge is 0.492 e. The fraction of sp³-hybridized carbons (Fsp3) is 0.400. The molecule has 2 fully saturated rings. The lowest BCUT2D eigenvalue weighted by atomic mass is 10.1. The number of benzene rings is 2. The minimum Gasteiger partial charge on any atom is -0.492 e. The molecule has 2 heterocycles. The zero-order chi connectivity index (χ0) is 22.6. The minimum atomic E-state index is -0.464. The zero-order valence-electron chi connectivity index (χ0n) is 18.8. The number of hydrogen-bond acceptors (Lipinski definition) is 6. The van der Waals surface area contributed by atoms with Gasteiger partial charge < -0.3 is 15.0 Å². The first-order valence-electron chi connectivity index (χ1n) is 11.7. The number of anilines is 2. The number of nitrogens with zero attached hydrogens (tertiary/aromatic N) is 4. The number of rotatable bonds is 9. The van der Waals surface area contributed by atoms with Gasteiger partial charge in [0.25, 0.3) is 0 Å². The Labute approximate surface area is 198 Å². The second-order valence-electron chi connectivity index (χ2n) is 8.40. The molecule has 7 nitrogen and oxygen atoms in total. The Morgan fingerprint density at radius 2 is 1.82 bits per heavy atom. The summed E-state index contributed by atoms with van der Waals surface area (Å²) in [7, 11) is 0. The highest BCUT2D eigenvalue weighted by Gasteiger charge is 2.34. The maximum absolute atomic E-state index is 13.6. The quantitative estimate of drug-likeness (QED) is 0.446. The van der Waals surface area contributed by atoms with E-state index in [2.05, 4.69) is 25.0 Å². The van der Waals surface area contributed by atoms with Crippen molar-refractivity contribution in [2.24, 2.45) is 0 Å². The Bertz CT molecular complexity index is 1090. The van der Waals surface area contributed by atoms with Crippen molar-refractivity contribution in [1.29, 1.82) is 0 Å². The molecule has 0 spiro atoms. The number of hydrogen-bond donors (Lipinski definition) is 1. The molecule has 1 aromatic heterocycles. The number of thioether (sulfide) groups is 1. The van der Waals surface area contributed by atoms with Crippen LogP contribution in [0.2, 0.25) is 0 Å². The Balaban J connectivity index is 1.44. The first kappa shape index (κ1) is 21.8. The predicted octanol–water partition coefficient (Wildman–Crippen LogP) is 5.08. The maximum atomic E-state index is 13.6. The average Bonchev–Trinajstić information content (AvgIpc) is 3.36. The van der Waals surface area contributed by atoms with Crippen molar-refractivity contribution in [1.82, 2.24) is 14.8 Å². The van der Waals surface area contributed by atoms with Crippen molar-refractivity contribution in [2.75, 3.05) is 29.9 Å². The predicted molar refractivity (Wildman–Crippen MR) is 131 cm³/mol. The summed E-state index contributed by atoms with van der Waals surface area (Å²) >= 11 is 1.47. The van der Waals surface area contributed by atoms with Crippen LogP contribution in [-0.4, -0.2) is 40.4 Å². The molecule has 2 aliphatic rings. The summed E-state index contributed by atoms with van der Waals surface area (Å²) in [6, 6.07) is 17.8. The van der Waals surface area contributed by atoms with E-state index in [9.17, 15) is 4.79 Å². The number of para-hydroxylation sites is 2. The maximum Gasteiger partial charge on any atom is 0.242 e. The van der Waals surface area contributed by atoms with E-state index in [1.165, 1.54) is 24.6 Å². The van der Waals surface area contributed by atoms with E-state index in [0.29, 0.717) is 24.1 Å². The molecule has 2 aromatic carbocycles. The van der Waals surface area contributed by atoms with Crippen LogP contribution in [0.5, 0.6) is 5.75 Å². The number of carbonyl (C=O) groups is 1. The van der Waals surface area contributed by atoms with E-state index in [0.717, 1.165) is 42.6 Å². The fourth-order valence-corrected chi connectivity index (χ4v) is 5.29. The summed E-state index contributed by atoms with van der Waals surface area (Å²) in [6.07, 6.45) is 4.65. The van der Waals surface area contributed by atoms with Gasteiger partial charge in [-0.1, -0.05) is 54.2 Å². The van der Waals surface area contributed by atoms with Crippen molar-refractivity contribution in [2.45, 2.75) is 49.1 Å². The van der Waals surface area contributed by atoms with Gasteiger partial charge in [-0.2, -0.15) is 0 Å². The molecular formula is C25H29N5O2S. The zero-order valence-corrected chi connectivity index (χ0v) is 19.6. The standard InChI is InChI=1S/C25H29N5O2S/c1-2-32-21-13-7-6-12-20(21)26-23(31)22(18-10-4-3-5-11-18)33-25-28-27-24(29-16-8-9-17-29)30(25)19-14-15-19/h3-7,10-13,19,22H,2,8-9,14-17H2,1H3,(H,26,31). The highest BCUT2D eigenvalue weighted by atomic mass is 32.2. The number of ether oxygens (including phenoxy) is 1.